The van der Waals surface area contributed by atoms with Crippen LogP contribution in [0.3, 0.4) is 0 Å². The Hall–Kier alpha value is -1.85. The zero-order valence-electron chi connectivity index (χ0n) is 13.8. The van der Waals surface area contributed by atoms with Crippen molar-refractivity contribution in [2.75, 3.05) is 13.1 Å². The fourth-order valence-electron chi connectivity index (χ4n) is 3.71. The average Bonchev–Trinajstić information content (AvgIpc) is 2.82. The summed E-state index contributed by atoms with van der Waals surface area (Å²) in [5, 5.41) is 3.80. The second kappa shape index (κ2) is 7.18. The molecule has 2 bridgehead atoms. The number of nitrogens with zero attached hydrogens (tertiary/aromatic N) is 1. The summed E-state index contributed by atoms with van der Waals surface area (Å²) in [5.74, 6) is 1.41. The fourth-order valence-corrected chi connectivity index (χ4v) is 3.87. The Labute approximate surface area is 151 Å². The summed E-state index contributed by atoms with van der Waals surface area (Å²) < 4.78 is 25.5. The van der Waals surface area contributed by atoms with E-state index in [1.807, 2.05) is 18.2 Å². The van der Waals surface area contributed by atoms with Crippen LogP contribution in [0.15, 0.2) is 36.4 Å². The van der Waals surface area contributed by atoms with Gasteiger partial charge in [-0.2, -0.15) is 0 Å². The number of hydrogen-bond donors (Lipinski definition) is 1. The highest BCUT2D eigenvalue weighted by molar-refractivity contribution is 6.30. The van der Waals surface area contributed by atoms with Crippen LogP contribution in [0.25, 0.3) is 0 Å². The third kappa shape index (κ3) is 3.72. The normalized spacial score (nSPS) is 25.0. The van der Waals surface area contributed by atoms with Gasteiger partial charge in [-0.15, -0.1) is 0 Å². The number of benzene rings is 1. The Morgan fingerprint density at radius 2 is 1.96 bits per heavy atom. The van der Waals surface area contributed by atoms with Gasteiger partial charge in [0.05, 0.1) is 5.69 Å². The van der Waals surface area contributed by atoms with Gasteiger partial charge in [-0.3, -0.25) is 0 Å². The minimum absolute atomic E-state index is 0.161. The molecule has 0 spiro atoms. The third-order valence-corrected chi connectivity index (χ3v) is 5.19. The van der Waals surface area contributed by atoms with E-state index in [-0.39, 0.29) is 18.5 Å². The predicted octanol–water partition coefficient (Wildman–Crippen LogP) is 3.83. The first kappa shape index (κ1) is 16.6. The second-order valence-electron chi connectivity index (χ2n) is 6.67. The lowest BCUT2D eigenvalue weighted by Crippen LogP contribution is -2.44. The lowest BCUT2D eigenvalue weighted by molar-refractivity contribution is 0.0880. The molecule has 0 amide bonds. The Morgan fingerprint density at radius 1 is 1.16 bits per heavy atom. The lowest BCUT2D eigenvalue weighted by atomic mass is 9.96. The van der Waals surface area contributed by atoms with E-state index in [0.717, 1.165) is 13.1 Å². The Balaban J connectivity index is 1.41. The van der Waals surface area contributed by atoms with E-state index < -0.39 is 5.82 Å². The minimum Gasteiger partial charge on any atom is -0.484 e. The summed E-state index contributed by atoms with van der Waals surface area (Å²) in [6.45, 7) is 2.20. The van der Waals surface area contributed by atoms with Crippen LogP contribution in [-0.4, -0.2) is 24.2 Å². The molecule has 1 aliphatic carbocycles. The topological polar surface area (TPSA) is 43.4 Å². The molecule has 2 atom stereocenters. The molecular formula is C19H20ClFN2O2. The van der Waals surface area contributed by atoms with E-state index in [1.165, 1.54) is 25.0 Å². The monoisotopic (exact) mass is 362 g/mol. The van der Waals surface area contributed by atoms with Crippen molar-refractivity contribution in [3.63, 3.8) is 0 Å². The summed E-state index contributed by atoms with van der Waals surface area (Å²) in [4.78, 5) is 4.51. The predicted molar refractivity (Wildman–Crippen MR) is 93.5 cm³/mol. The fraction of sp³-hybridized carbons (Fsp3) is 0.421. The van der Waals surface area contributed by atoms with Crippen molar-refractivity contribution < 1.29 is 13.9 Å². The summed E-state index contributed by atoms with van der Waals surface area (Å²) in [6.07, 6.45) is 2.65. The molecule has 1 aliphatic heterocycles. The van der Waals surface area contributed by atoms with Gasteiger partial charge in [0.15, 0.2) is 11.6 Å². The molecule has 132 valence electrons. The first-order valence-electron chi connectivity index (χ1n) is 8.60. The van der Waals surface area contributed by atoms with E-state index in [9.17, 15) is 4.39 Å². The van der Waals surface area contributed by atoms with Gasteiger partial charge in [0, 0.05) is 36.0 Å². The van der Waals surface area contributed by atoms with Gasteiger partial charge >= 0.3 is 0 Å². The largest absolute Gasteiger partial charge is 0.484 e. The Morgan fingerprint density at radius 3 is 2.72 bits per heavy atom. The molecule has 2 aliphatic rings. The molecular weight excluding hydrogens is 343 g/mol. The summed E-state index contributed by atoms with van der Waals surface area (Å²) in [6, 6.07) is 9.95. The number of fused-ring (bicyclic) bond motifs is 2. The number of pyridine rings is 1. The molecule has 2 fully saturated rings. The Kier molecular flexibility index (Phi) is 4.77. The highest BCUT2D eigenvalue weighted by Crippen LogP contribution is 2.36. The molecule has 4 nitrogen and oxygen atoms in total. The quantitative estimate of drug-likeness (QED) is 0.877. The van der Waals surface area contributed by atoms with E-state index in [2.05, 4.69) is 10.3 Å². The van der Waals surface area contributed by atoms with Crippen LogP contribution in [0.5, 0.6) is 11.6 Å². The van der Waals surface area contributed by atoms with Gasteiger partial charge < -0.3 is 14.8 Å². The summed E-state index contributed by atoms with van der Waals surface area (Å²) in [7, 11) is 0. The van der Waals surface area contributed by atoms with Crippen LogP contribution < -0.4 is 14.8 Å². The maximum atomic E-state index is 13.8. The first-order valence-corrected chi connectivity index (χ1v) is 8.98. The number of ether oxygens (including phenoxy) is 2. The van der Waals surface area contributed by atoms with Crippen LogP contribution in [-0.2, 0) is 6.61 Å². The molecule has 1 aromatic carbocycles. The second-order valence-corrected chi connectivity index (χ2v) is 7.11. The molecule has 4 rings (SSSR count). The van der Waals surface area contributed by atoms with E-state index >= 15 is 0 Å². The smallest absolute Gasteiger partial charge is 0.213 e. The van der Waals surface area contributed by atoms with Crippen LogP contribution in [0, 0.1) is 17.7 Å². The van der Waals surface area contributed by atoms with Crippen molar-refractivity contribution in [1.29, 1.82) is 0 Å². The van der Waals surface area contributed by atoms with Gasteiger partial charge in [-0.25, -0.2) is 9.37 Å². The highest BCUT2D eigenvalue weighted by atomic mass is 35.5. The molecule has 25 heavy (non-hydrogen) atoms. The number of hydrogen-bond acceptors (Lipinski definition) is 4. The number of aromatic nitrogens is 1. The van der Waals surface area contributed by atoms with Gasteiger partial charge in [-0.05, 0) is 37.1 Å². The van der Waals surface area contributed by atoms with Crippen LogP contribution in [0.4, 0.5) is 4.39 Å². The molecule has 1 saturated heterocycles. The number of rotatable bonds is 5. The summed E-state index contributed by atoms with van der Waals surface area (Å²) >= 11 is 5.75. The molecule has 2 aromatic rings. The van der Waals surface area contributed by atoms with Gasteiger partial charge in [0.1, 0.15) is 12.7 Å². The number of halogens is 2. The molecule has 1 N–H and O–H groups in total. The van der Waals surface area contributed by atoms with Crippen molar-refractivity contribution in [3.05, 3.63) is 52.9 Å². The first-order chi connectivity index (χ1) is 12.2. The third-order valence-electron chi connectivity index (χ3n) is 4.96. The van der Waals surface area contributed by atoms with E-state index in [0.29, 0.717) is 28.4 Å². The van der Waals surface area contributed by atoms with Crippen LogP contribution >= 0.6 is 11.6 Å². The molecule has 1 aromatic heterocycles. The molecule has 1 saturated carbocycles. The number of piperidine rings is 1. The standard InChI is InChI=1S/C19H20ClFN2O2/c20-14-6-7-17(16(21)8-14)24-11-15-2-1-3-18(23-15)25-19-12-4-5-13(19)10-22-9-12/h1-3,6-8,12-13,19,22H,4-5,9-11H2. The Bertz CT molecular complexity index is 742. The van der Waals surface area contributed by atoms with Crippen molar-refractivity contribution in [2.24, 2.45) is 11.8 Å². The van der Waals surface area contributed by atoms with Crippen LogP contribution in [0.2, 0.25) is 5.02 Å². The van der Waals surface area contributed by atoms with Crippen molar-refractivity contribution in [1.82, 2.24) is 10.3 Å². The van der Waals surface area contributed by atoms with Crippen molar-refractivity contribution in [2.45, 2.75) is 25.6 Å². The minimum atomic E-state index is -0.480. The average molecular weight is 363 g/mol. The van der Waals surface area contributed by atoms with Gasteiger partial charge in [-0.1, -0.05) is 17.7 Å². The maximum absolute atomic E-state index is 13.8. The molecule has 2 heterocycles. The zero-order chi connectivity index (χ0) is 17.2. The lowest BCUT2D eigenvalue weighted by Gasteiger charge is -2.30. The SMILES string of the molecule is Fc1cc(Cl)ccc1OCc1cccc(OC2C3CCC2CNC3)n1. The van der Waals surface area contributed by atoms with Gasteiger partial charge in [0.25, 0.3) is 0 Å². The van der Waals surface area contributed by atoms with Crippen molar-refractivity contribution in [3.8, 4) is 11.6 Å². The number of nitrogens with one attached hydrogen (secondary N) is 1. The molecule has 6 heteroatoms. The van der Waals surface area contributed by atoms with Gasteiger partial charge in [0.2, 0.25) is 5.88 Å². The van der Waals surface area contributed by atoms with E-state index in [4.69, 9.17) is 21.1 Å². The van der Waals surface area contributed by atoms with E-state index in [1.54, 1.807) is 6.07 Å². The molecule has 2 unspecified atom stereocenters. The molecule has 0 radical (unpaired) electrons. The maximum Gasteiger partial charge on any atom is 0.213 e. The summed E-state index contributed by atoms with van der Waals surface area (Å²) in [5.41, 5.74) is 0.702. The van der Waals surface area contributed by atoms with Crippen LogP contribution in [0.1, 0.15) is 18.5 Å². The van der Waals surface area contributed by atoms with Crippen molar-refractivity contribution >= 4 is 11.6 Å². The highest BCUT2D eigenvalue weighted by Gasteiger charge is 2.40. The zero-order valence-corrected chi connectivity index (χ0v) is 14.5.